The van der Waals surface area contributed by atoms with E-state index in [0.29, 0.717) is 11.5 Å². The van der Waals surface area contributed by atoms with Gasteiger partial charge >= 0.3 is 0 Å². The molecular formula is C20H24N4O2. The van der Waals surface area contributed by atoms with Crippen LogP contribution < -0.4 is 5.32 Å². The van der Waals surface area contributed by atoms with Crippen LogP contribution in [-0.4, -0.2) is 20.6 Å². The molecule has 0 saturated carbocycles. The van der Waals surface area contributed by atoms with Gasteiger partial charge < -0.3 is 14.4 Å². The molecule has 1 aromatic carbocycles. The van der Waals surface area contributed by atoms with Crippen molar-refractivity contribution in [2.45, 2.75) is 45.7 Å². The molecule has 1 amide bonds. The van der Waals surface area contributed by atoms with Crippen LogP contribution >= 0.6 is 0 Å². The van der Waals surface area contributed by atoms with E-state index in [-0.39, 0.29) is 17.9 Å². The Kier molecular flexibility index (Phi) is 5.51. The number of aromatic nitrogens is 3. The summed E-state index contributed by atoms with van der Waals surface area (Å²) in [4.78, 5) is 16.9. The first-order chi connectivity index (χ1) is 12.5. The fourth-order valence-electron chi connectivity index (χ4n) is 2.82. The third-order valence-electron chi connectivity index (χ3n) is 4.42. The van der Waals surface area contributed by atoms with Crippen molar-refractivity contribution in [3.63, 3.8) is 0 Å². The quantitative estimate of drug-likeness (QED) is 0.701. The summed E-state index contributed by atoms with van der Waals surface area (Å²) in [5, 5.41) is 6.99. The molecule has 2 heterocycles. The van der Waals surface area contributed by atoms with Gasteiger partial charge in [0, 0.05) is 30.9 Å². The maximum Gasteiger partial charge on any atom is 0.273 e. The zero-order valence-corrected chi connectivity index (χ0v) is 15.3. The Labute approximate surface area is 153 Å². The average Bonchev–Trinajstić information content (AvgIpc) is 3.28. The molecule has 3 aromatic rings. The minimum Gasteiger partial charge on any atom is -0.360 e. The summed E-state index contributed by atoms with van der Waals surface area (Å²) in [6, 6.07) is 11.6. The maximum atomic E-state index is 12.6. The van der Waals surface area contributed by atoms with E-state index >= 15 is 0 Å². The first kappa shape index (κ1) is 17.9. The van der Waals surface area contributed by atoms with Crippen LogP contribution in [0.15, 0.2) is 53.3 Å². The van der Waals surface area contributed by atoms with Gasteiger partial charge in [0.25, 0.3) is 5.91 Å². The summed E-state index contributed by atoms with van der Waals surface area (Å²) in [5.41, 5.74) is 1.37. The number of carbonyl (C=O) groups excluding carboxylic acids is 1. The normalized spacial score (nSPS) is 12.3. The van der Waals surface area contributed by atoms with Crippen LogP contribution in [0.5, 0.6) is 0 Å². The van der Waals surface area contributed by atoms with Crippen LogP contribution in [-0.2, 0) is 6.54 Å². The Balaban J connectivity index is 1.74. The number of imidazole rings is 1. The molecule has 0 fully saturated rings. The molecule has 0 aliphatic rings. The van der Waals surface area contributed by atoms with E-state index in [9.17, 15) is 4.79 Å². The van der Waals surface area contributed by atoms with Gasteiger partial charge in [-0.15, -0.1) is 0 Å². The fourth-order valence-corrected chi connectivity index (χ4v) is 2.82. The van der Waals surface area contributed by atoms with Crippen LogP contribution in [0.3, 0.4) is 0 Å². The van der Waals surface area contributed by atoms with Gasteiger partial charge in [0.15, 0.2) is 5.69 Å². The third kappa shape index (κ3) is 4.20. The molecule has 0 spiro atoms. The average molecular weight is 352 g/mol. The number of carbonyl (C=O) groups is 1. The highest BCUT2D eigenvalue weighted by Crippen LogP contribution is 2.20. The first-order valence-electron chi connectivity index (χ1n) is 8.84. The molecule has 6 heteroatoms. The monoisotopic (exact) mass is 352 g/mol. The lowest BCUT2D eigenvalue weighted by Crippen LogP contribution is -2.29. The van der Waals surface area contributed by atoms with Gasteiger partial charge in [-0.2, -0.15) is 0 Å². The standard InChI is InChI=1S/C20H24N4O2/c1-14(2)19-13-18(23-26-19)20(25)22-17(16-7-5-4-6-8-16)9-11-24-12-10-21-15(24)3/h4-8,10,12-14,17H,9,11H2,1-3H3,(H,22,25)/t17-/m0/s1. The number of benzene rings is 1. The van der Waals surface area contributed by atoms with Crippen LogP contribution in [0.1, 0.15) is 59.9 Å². The van der Waals surface area contributed by atoms with Gasteiger partial charge in [-0.3, -0.25) is 4.79 Å². The maximum absolute atomic E-state index is 12.6. The highest BCUT2D eigenvalue weighted by molar-refractivity contribution is 5.92. The van der Waals surface area contributed by atoms with Gasteiger partial charge in [0.2, 0.25) is 0 Å². The second kappa shape index (κ2) is 7.99. The number of rotatable bonds is 7. The highest BCUT2D eigenvalue weighted by Gasteiger charge is 2.19. The summed E-state index contributed by atoms with van der Waals surface area (Å²) >= 11 is 0. The lowest BCUT2D eigenvalue weighted by Gasteiger charge is -2.19. The van der Waals surface area contributed by atoms with Crippen molar-refractivity contribution >= 4 is 5.91 Å². The Hall–Kier alpha value is -2.89. The van der Waals surface area contributed by atoms with E-state index in [1.807, 2.05) is 57.3 Å². The Morgan fingerprint density at radius 1 is 1.27 bits per heavy atom. The number of amides is 1. The Morgan fingerprint density at radius 2 is 2.04 bits per heavy atom. The summed E-state index contributed by atoms with van der Waals surface area (Å²) < 4.78 is 7.32. The van der Waals surface area contributed by atoms with E-state index in [4.69, 9.17) is 4.52 Å². The van der Waals surface area contributed by atoms with E-state index in [1.165, 1.54) is 0 Å². The Morgan fingerprint density at radius 3 is 2.65 bits per heavy atom. The van der Waals surface area contributed by atoms with Crippen LogP contribution in [0.2, 0.25) is 0 Å². The topological polar surface area (TPSA) is 73.0 Å². The molecule has 1 N–H and O–H groups in total. The number of nitrogens with zero attached hydrogens (tertiary/aromatic N) is 3. The molecule has 0 unspecified atom stereocenters. The minimum absolute atomic E-state index is 0.121. The smallest absolute Gasteiger partial charge is 0.273 e. The second-order valence-electron chi connectivity index (χ2n) is 6.66. The molecule has 136 valence electrons. The van der Waals surface area contributed by atoms with Gasteiger partial charge in [-0.25, -0.2) is 4.98 Å². The third-order valence-corrected chi connectivity index (χ3v) is 4.42. The van der Waals surface area contributed by atoms with Crippen molar-refractivity contribution < 1.29 is 9.32 Å². The van der Waals surface area contributed by atoms with E-state index < -0.39 is 0 Å². The minimum atomic E-state index is -0.225. The second-order valence-corrected chi connectivity index (χ2v) is 6.66. The van der Waals surface area contributed by atoms with E-state index in [2.05, 4.69) is 20.0 Å². The van der Waals surface area contributed by atoms with Crippen molar-refractivity contribution in [3.05, 3.63) is 71.6 Å². The van der Waals surface area contributed by atoms with Gasteiger partial charge in [0.1, 0.15) is 11.6 Å². The molecule has 0 saturated heterocycles. The first-order valence-corrected chi connectivity index (χ1v) is 8.84. The van der Waals surface area contributed by atoms with Crippen LogP contribution in [0.25, 0.3) is 0 Å². The lowest BCUT2D eigenvalue weighted by molar-refractivity contribution is 0.0924. The summed E-state index contributed by atoms with van der Waals surface area (Å²) in [6.07, 6.45) is 4.49. The summed E-state index contributed by atoms with van der Waals surface area (Å²) in [7, 11) is 0. The Bertz CT molecular complexity index is 852. The zero-order valence-electron chi connectivity index (χ0n) is 15.3. The predicted molar refractivity (Wildman–Crippen MR) is 98.8 cm³/mol. The summed E-state index contributed by atoms with van der Waals surface area (Å²) in [5.74, 6) is 1.64. The summed E-state index contributed by atoms with van der Waals surface area (Å²) in [6.45, 7) is 6.74. The van der Waals surface area contributed by atoms with Gasteiger partial charge in [-0.1, -0.05) is 49.3 Å². The van der Waals surface area contributed by atoms with Crippen molar-refractivity contribution in [3.8, 4) is 0 Å². The predicted octanol–water partition coefficient (Wildman–Crippen LogP) is 3.86. The van der Waals surface area contributed by atoms with Crippen LogP contribution in [0.4, 0.5) is 0 Å². The van der Waals surface area contributed by atoms with E-state index in [0.717, 1.165) is 24.4 Å². The van der Waals surface area contributed by atoms with Crippen LogP contribution in [0, 0.1) is 6.92 Å². The SMILES string of the molecule is Cc1nccn1CC[C@H](NC(=O)c1cc(C(C)C)on1)c1ccccc1. The molecule has 0 aliphatic carbocycles. The molecule has 0 bridgehead atoms. The van der Waals surface area contributed by atoms with Crippen molar-refractivity contribution in [1.29, 1.82) is 0 Å². The number of nitrogens with one attached hydrogen (secondary N) is 1. The fraction of sp³-hybridized carbons (Fsp3) is 0.350. The van der Waals surface area contributed by atoms with Crippen molar-refractivity contribution in [2.75, 3.05) is 0 Å². The molecule has 3 rings (SSSR count). The molecule has 2 aromatic heterocycles. The molecule has 6 nitrogen and oxygen atoms in total. The number of aryl methyl sites for hydroxylation is 2. The molecular weight excluding hydrogens is 328 g/mol. The zero-order chi connectivity index (χ0) is 18.5. The number of hydrogen-bond donors (Lipinski definition) is 1. The van der Waals surface area contributed by atoms with Crippen molar-refractivity contribution in [2.24, 2.45) is 0 Å². The van der Waals surface area contributed by atoms with Crippen molar-refractivity contribution in [1.82, 2.24) is 20.0 Å². The number of hydrogen-bond acceptors (Lipinski definition) is 4. The molecule has 26 heavy (non-hydrogen) atoms. The molecule has 0 aliphatic heterocycles. The molecule has 0 radical (unpaired) electrons. The van der Waals surface area contributed by atoms with E-state index in [1.54, 1.807) is 12.3 Å². The molecule has 1 atom stereocenters. The lowest BCUT2D eigenvalue weighted by atomic mass is 10.0. The van der Waals surface area contributed by atoms with Gasteiger partial charge in [-0.05, 0) is 18.9 Å². The van der Waals surface area contributed by atoms with Gasteiger partial charge in [0.05, 0.1) is 6.04 Å². The highest BCUT2D eigenvalue weighted by atomic mass is 16.5. The largest absolute Gasteiger partial charge is 0.360 e.